The van der Waals surface area contributed by atoms with Crippen LogP contribution >= 0.6 is 0 Å². The van der Waals surface area contributed by atoms with E-state index >= 15 is 0 Å². The molecule has 1 aliphatic carbocycles. The minimum Gasteiger partial charge on any atom is -0.395 e. The summed E-state index contributed by atoms with van der Waals surface area (Å²) in [5, 5.41) is 25.5. The van der Waals surface area contributed by atoms with Crippen LogP contribution < -0.4 is 11.5 Å². The van der Waals surface area contributed by atoms with E-state index < -0.39 is 0 Å². The fourth-order valence-corrected chi connectivity index (χ4v) is 3.63. The maximum Gasteiger partial charge on any atom is 0.0558 e. The molecule has 2 unspecified atom stereocenters. The molecule has 0 saturated heterocycles. The lowest BCUT2D eigenvalue weighted by atomic mass is 9.63. The van der Waals surface area contributed by atoms with E-state index in [2.05, 4.69) is 20.8 Å². The van der Waals surface area contributed by atoms with E-state index in [4.69, 9.17) is 26.8 Å². The monoisotopic (exact) mass is 319 g/mol. The Bertz CT molecular complexity index is 276. The fourth-order valence-electron chi connectivity index (χ4n) is 3.63. The average Bonchev–Trinajstić information content (AvgIpc) is 2.37. The highest BCUT2D eigenvalue weighted by atomic mass is 16.3. The Labute approximate surface area is 135 Å². The van der Waals surface area contributed by atoms with Gasteiger partial charge in [0, 0.05) is 25.7 Å². The zero-order valence-corrected chi connectivity index (χ0v) is 14.6. The van der Waals surface area contributed by atoms with Gasteiger partial charge in [0.25, 0.3) is 0 Å². The van der Waals surface area contributed by atoms with Crippen LogP contribution in [0.1, 0.15) is 40.0 Å². The molecule has 1 rings (SSSR count). The second kappa shape index (κ2) is 10.5. The number of rotatable bonds is 7. The van der Waals surface area contributed by atoms with Crippen molar-refractivity contribution in [3.8, 4) is 0 Å². The van der Waals surface area contributed by atoms with Gasteiger partial charge in [-0.3, -0.25) is 4.90 Å². The molecular formula is C16H37N3O3. The molecule has 134 valence electrons. The molecule has 2 atom stereocenters. The highest BCUT2D eigenvalue weighted by Crippen LogP contribution is 2.44. The highest BCUT2D eigenvalue weighted by molar-refractivity contribution is 4.93. The van der Waals surface area contributed by atoms with Gasteiger partial charge in [0.15, 0.2) is 0 Å². The van der Waals surface area contributed by atoms with Crippen molar-refractivity contribution in [2.24, 2.45) is 22.3 Å². The highest BCUT2D eigenvalue weighted by Gasteiger charge is 2.38. The molecule has 0 bridgehead atoms. The quantitative estimate of drug-likeness (QED) is 0.442. The average molecular weight is 319 g/mol. The summed E-state index contributed by atoms with van der Waals surface area (Å²) < 4.78 is 0. The van der Waals surface area contributed by atoms with Gasteiger partial charge in [0.1, 0.15) is 0 Å². The van der Waals surface area contributed by atoms with Gasteiger partial charge < -0.3 is 26.8 Å². The predicted octanol–water partition coefficient (Wildman–Crippen LogP) is -0.246. The second-order valence-electron chi connectivity index (χ2n) is 7.54. The zero-order valence-electron chi connectivity index (χ0n) is 14.6. The molecule has 0 aromatic rings. The van der Waals surface area contributed by atoms with Gasteiger partial charge in [-0.25, -0.2) is 0 Å². The van der Waals surface area contributed by atoms with Gasteiger partial charge in [0.2, 0.25) is 0 Å². The largest absolute Gasteiger partial charge is 0.395 e. The van der Waals surface area contributed by atoms with Crippen LogP contribution in [-0.2, 0) is 0 Å². The van der Waals surface area contributed by atoms with E-state index in [1.54, 1.807) is 4.90 Å². The van der Waals surface area contributed by atoms with Crippen molar-refractivity contribution in [1.82, 2.24) is 4.90 Å². The maximum absolute atomic E-state index is 8.48. The number of hydrogen-bond donors (Lipinski definition) is 5. The third-order valence-corrected chi connectivity index (χ3v) is 4.22. The molecule has 0 heterocycles. The molecular weight excluding hydrogens is 282 g/mol. The third-order valence-electron chi connectivity index (χ3n) is 4.22. The van der Waals surface area contributed by atoms with Crippen LogP contribution in [0.5, 0.6) is 0 Å². The van der Waals surface area contributed by atoms with E-state index in [1.165, 1.54) is 6.42 Å². The van der Waals surface area contributed by atoms with Crippen LogP contribution in [-0.4, -0.2) is 72.3 Å². The molecule has 1 saturated carbocycles. The fraction of sp³-hybridized carbons (Fsp3) is 1.00. The van der Waals surface area contributed by atoms with E-state index in [-0.39, 0.29) is 25.2 Å². The third kappa shape index (κ3) is 9.02. The number of aliphatic hydroxyl groups excluding tert-OH is 3. The maximum atomic E-state index is 8.48. The minimum absolute atomic E-state index is 0.0694. The van der Waals surface area contributed by atoms with E-state index in [1.807, 2.05) is 0 Å². The van der Waals surface area contributed by atoms with Crippen LogP contribution in [0.2, 0.25) is 0 Å². The van der Waals surface area contributed by atoms with Gasteiger partial charge in [-0.15, -0.1) is 0 Å². The Morgan fingerprint density at radius 3 is 1.73 bits per heavy atom. The second-order valence-corrected chi connectivity index (χ2v) is 7.54. The Morgan fingerprint density at radius 1 is 0.955 bits per heavy atom. The lowest BCUT2D eigenvalue weighted by Gasteiger charge is -2.45. The standard InChI is InChI=1S/C10H22N2.C6H15NO3/c1-9(2)4-8(12)5-10(3,6-9)7-11;8-4-1-7(2-5-9)3-6-10/h8H,4-7,11-12H2,1-3H3;8-10H,1-6H2. The molecule has 0 aliphatic heterocycles. The summed E-state index contributed by atoms with van der Waals surface area (Å²) in [5.41, 5.74) is 12.4. The molecule has 0 radical (unpaired) electrons. The van der Waals surface area contributed by atoms with Crippen LogP contribution in [0.4, 0.5) is 0 Å². The number of aliphatic hydroxyl groups is 3. The summed E-state index contributed by atoms with van der Waals surface area (Å²) in [6.07, 6.45) is 3.44. The van der Waals surface area contributed by atoms with Gasteiger partial charge in [-0.2, -0.15) is 0 Å². The smallest absolute Gasteiger partial charge is 0.0558 e. The summed E-state index contributed by atoms with van der Waals surface area (Å²) in [6, 6.07) is 0.349. The SMILES string of the molecule is CC1(C)CC(N)CC(C)(CN)C1.OCCN(CCO)CCO. The van der Waals surface area contributed by atoms with Crippen molar-refractivity contribution in [2.75, 3.05) is 46.0 Å². The Balaban J connectivity index is 0.000000409. The summed E-state index contributed by atoms with van der Waals surface area (Å²) in [6.45, 7) is 9.36. The summed E-state index contributed by atoms with van der Waals surface area (Å²) in [5.74, 6) is 0. The molecule has 0 aromatic heterocycles. The lowest BCUT2D eigenvalue weighted by Crippen LogP contribution is -2.45. The van der Waals surface area contributed by atoms with E-state index in [0.717, 1.165) is 19.4 Å². The zero-order chi connectivity index (χ0) is 17.2. The van der Waals surface area contributed by atoms with E-state index in [0.29, 0.717) is 31.1 Å². The Morgan fingerprint density at radius 2 is 1.41 bits per heavy atom. The molecule has 22 heavy (non-hydrogen) atoms. The first-order valence-corrected chi connectivity index (χ1v) is 8.22. The van der Waals surface area contributed by atoms with Gasteiger partial charge >= 0.3 is 0 Å². The lowest BCUT2D eigenvalue weighted by molar-refractivity contribution is 0.0904. The predicted molar refractivity (Wildman–Crippen MR) is 90.5 cm³/mol. The topological polar surface area (TPSA) is 116 Å². The summed E-state index contributed by atoms with van der Waals surface area (Å²) in [4.78, 5) is 1.79. The van der Waals surface area contributed by atoms with Crippen molar-refractivity contribution < 1.29 is 15.3 Å². The number of nitrogens with two attached hydrogens (primary N) is 2. The molecule has 0 aromatic carbocycles. The number of nitrogens with zero attached hydrogens (tertiary/aromatic N) is 1. The molecule has 6 heteroatoms. The first kappa shape index (κ1) is 21.8. The molecule has 0 amide bonds. The minimum atomic E-state index is 0.0694. The summed E-state index contributed by atoms with van der Waals surface area (Å²) in [7, 11) is 0. The van der Waals surface area contributed by atoms with Gasteiger partial charge in [-0.1, -0.05) is 20.8 Å². The first-order valence-electron chi connectivity index (χ1n) is 8.22. The first-order chi connectivity index (χ1) is 10.2. The van der Waals surface area contributed by atoms with E-state index in [9.17, 15) is 0 Å². The van der Waals surface area contributed by atoms with Crippen molar-refractivity contribution >= 4 is 0 Å². The Kier molecular flexibility index (Phi) is 10.4. The molecule has 6 nitrogen and oxygen atoms in total. The van der Waals surface area contributed by atoms with Crippen LogP contribution in [0.3, 0.4) is 0 Å². The van der Waals surface area contributed by atoms with Crippen molar-refractivity contribution in [3.05, 3.63) is 0 Å². The van der Waals surface area contributed by atoms with Crippen LogP contribution in [0.15, 0.2) is 0 Å². The molecule has 0 spiro atoms. The van der Waals surface area contributed by atoms with Gasteiger partial charge in [-0.05, 0) is 36.6 Å². The van der Waals surface area contributed by atoms with Crippen LogP contribution in [0.25, 0.3) is 0 Å². The van der Waals surface area contributed by atoms with Crippen molar-refractivity contribution in [1.29, 1.82) is 0 Å². The van der Waals surface area contributed by atoms with Gasteiger partial charge in [0.05, 0.1) is 19.8 Å². The number of hydrogen-bond acceptors (Lipinski definition) is 6. The summed E-state index contributed by atoms with van der Waals surface area (Å²) >= 11 is 0. The van der Waals surface area contributed by atoms with Crippen LogP contribution in [0, 0.1) is 10.8 Å². The van der Waals surface area contributed by atoms with Crippen molar-refractivity contribution in [3.63, 3.8) is 0 Å². The van der Waals surface area contributed by atoms with Crippen molar-refractivity contribution in [2.45, 2.75) is 46.1 Å². The molecule has 7 N–H and O–H groups in total. The molecule has 1 aliphatic rings. The molecule has 1 fully saturated rings. The normalized spacial score (nSPS) is 27.4. The Hall–Kier alpha value is -0.240.